The van der Waals surface area contributed by atoms with E-state index in [1.165, 1.54) is 0 Å². The zero-order valence-electron chi connectivity index (χ0n) is 1.95. The van der Waals surface area contributed by atoms with Crippen molar-refractivity contribution in [2.75, 3.05) is 0 Å². The SMILES string of the molecule is O.O.[N].[Zr]. The summed E-state index contributed by atoms with van der Waals surface area (Å²) in [6.45, 7) is 0. The summed E-state index contributed by atoms with van der Waals surface area (Å²) in [5.41, 5.74) is 0. The molecule has 0 spiro atoms. The third-order valence-electron chi connectivity index (χ3n) is 0. The van der Waals surface area contributed by atoms with Crippen LogP contribution in [-0.2, 0) is 26.2 Å². The quantitative estimate of drug-likeness (QED) is 0.368. The molecular formula is H4NO2Zr. The predicted octanol–water partition coefficient (Wildman–Crippen LogP) is -2.13. The first kappa shape index (κ1) is 116. The normalized spacial score (nSPS) is 0. The minimum absolute atomic E-state index is 0. The van der Waals surface area contributed by atoms with Gasteiger partial charge in [0.2, 0.25) is 0 Å². The summed E-state index contributed by atoms with van der Waals surface area (Å²) in [4.78, 5) is 0. The molecule has 0 aliphatic heterocycles. The second-order valence-corrected chi connectivity index (χ2v) is 0. The van der Waals surface area contributed by atoms with Crippen LogP contribution >= 0.6 is 0 Å². The molecule has 3 radical (unpaired) electrons. The fourth-order valence-corrected chi connectivity index (χ4v) is 0. The Labute approximate surface area is 43.7 Å². The second kappa shape index (κ2) is 49.3. The minimum atomic E-state index is 0. The molecule has 0 aromatic carbocycles. The zero-order chi connectivity index (χ0) is 0. The smallest absolute Gasteiger partial charge is 0 e. The van der Waals surface area contributed by atoms with Crippen LogP contribution in [0.3, 0.4) is 0 Å². The van der Waals surface area contributed by atoms with E-state index in [2.05, 4.69) is 0 Å². The molecule has 0 heterocycles. The summed E-state index contributed by atoms with van der Waals surface area (Å²) in [6, 6.07) is 0. The standard InChI is InChI=1S/N.2H2O.Zr/h;2*1H2;. The maximum Gasteiger partial charge on any atom is 0 e. The number of nitrogens with zero attached hydrogens (tertiary/aromatic N) is 1. The van der Waals surface area contributed by atoms with Crippen molar-refractivity contribution in [2.45, 2.75) is 0 Å². The summed E-state index contributed by atoms with van der Waals surface area (Å²) in [7, 11) is 0. The van der Waals surface area contributed by atoms with Gasteiger partial charge in [-0.25, -0.2) is 0 Å². The van der Waals surface area contributed by atoms with Crippen molar-refractivity contribution < 1.29 is 37.2 Å². The van der Waals surface area contributed by atoms with Crippen molar-refractivity contribution >= 4 is 0 Å². The van der Waals surface area contributed by atoms with Gasteiger partial charge in [0, 0.05) is 32.4 Å². The van der Waals surface area contributed by atoms with E-state index in [1.807, 2.05) is 0 Å². The van der Waals surface area contributed by atoms with Crippen molar-refractivity contribution in [3.05, 3.63) is 0 Å². The van der Waals surface area contributed by atoms with Gasteiger partial charge in [-0.15, -0.1) is 0 Å². The van der Waals surface area contributed by atoms with Crippen LogP contribution in [0.2, 0.25) is 0 Å². The van der Waals surface area contributed by atoms with Crippen LogP contribution in [0.4, 0.5) is 0 Å². The van der Waals surface area contributed by atoms with Crippen molar-refractivity contribution in [3.63, 3.8) is 0 Å². The molecule has 0 aliphatic rings. The Kier molecular flexibility index (Phi) is 1430. The van der Waals surface area contributed by atoms with Crippen LogP contribution in [0.1, 0.15) is 0 Å². The molecular weight excluding hydrogens is 137 g/mol. The maximum atomic E-state index is 0. The van der Waals surface area contributed by atoms with Gasteiger partial charge in [-0.05, 0) is 0 Å². The molecule has 0 bridgehead atoms. The van der Waals surface area contributed by atoms with Crippen LogP contribution < -0.4 is 6.15 Å². The molecule has 0 rings (SSSR count). The van der Waals surface area contributed by atoms with Gasteiger partial charge >= 0.3 is 0 Å². The Morgan fingerprint density at radius 3 is 0.750 bits per heavy atom. The molecule has 4 heteroatoms. The number of hydrogen-bond donors (Lipinski definition) is 0. The van der Waals surface area contributed by atoms with E-state index >= 15 is 0 Å². The van der Waals surface area contributed by atoms with E-state index in [9.17, 15) is 0 Å². The number of rotatable bonds is 0. The molecule has 0 aromatic rings. The Bertz CT molecular complexity index is 6.00. The van der Waals surface area contributed by atoms with E-state index in [4.69, 9.17) is 0 Å². The van der Waals surface area contributed by atoms with Gasteiger partial charge in [0.05, 0.1) is 0 Å². The molecule has 0 aliphatic carbocycles. The van der Waals surface area contributed by atoms with E-state index in [0.717, 1.165) is 0 Å². The van der Waals surface area contributed by atoms with Crippen LogP contribution in [-0.4, -0.2) is 11.0 Å². The van der Waals surface area contributed by atoms with Crippen molar-refractivity contribution in [3.8, 4) is 0 Å². The minimum Gasteiger partial charge on any atom is -0.412 e. The predicted molar refractivity (Wildman–Crippen MR) is 9.36 cm³/mol. The first-order chi connectivity index (χ1) is 0. The first-order valence-electron chi connectivity index (χ1n) is 0. The summed E-state index contributed by atoms with van der Waals surface area (Å²) in [5.74, 6) is 0. The van der Waals surface area contributed by atoms with Crippen LogP contribution in [0.5, 0.6) is 0 Å². The largest absolute Gasteiger partial charge is 0.412 e. The third kappa shape index (κ3) is 14.7. The Morgan fingerprint density at radius 2 is 0.750 bits per heavy atom. The summed E-state index contributed by atoms with van der Waals surface area (Å²) in [6.07, 6.45) is 0. The van der Waals surface area contributed by atoms with Crippen molar-refractivity contribution in [1.82, 2.24) is 6.15 Å². The molecule has 0 aromatic heterocycles. The Hall–Kier alpha value is 0.763. The third-order valence-corrected chi connectivity index (χ3v) is 0. The van der Waals surface area contributed by atoms with E-state index in [-0.39, 0.29) is 43.3 Å². The maximum absolute atomic E-state index is 0. The fraction of sp³-hybridized carbons (Fsp3) is 0. The molecule has 0 unspecified atom stereocenters. The van der Waals surface area contributed by atoms with Gasteiger partial charge in [-0.3, -0.25) is 0 Å². The molecule has 4 N–H and O–H groups in total. The van der Waals surface area contributed by atoms with E-state index < -0.39 is 0 Å². The Morgan fingerprint density at radius 1 is 0.750 bits per heavy atom. The molecule has 25 valence electrons. The fourth-order valence-electron chi connectivity index (χ4n) is 0. The molecule has 0 atom stereocenters. The average Bonchev–Trinajstić information content (AvgIpc) is 0. The summed E-state index contributed by atoms with van der Waals surface area (Å²) in [5, 5.41) is 0. The second-order valence-electron chi connectivity index (χ2n) is 0. The van der Waals surface area contributed by atoms with Gasteiger partial charge in [0.25, 0.3) is 0 Å². The monoisotopic (exact) mass is 140 g/mol. The van der Waals surface area contributed by atoms with Gasteiger partial charge in [-0.2, -0.15) is 0 Å². The van der Waals surface area contributed by atoms with E-state index in [1.54, 1.807) is 0 Å². The zero-order valence-corrected chi connectivity index (χ0v) is 4.41. The van der Waals surface area contributed by atoms with Crippen LogP contribution in [0, 0.1) is 0 Å². The Balaban J connectivity index is 0. The molecule has 3 nitrogen and oxygen atoms in total. The molecule has 0 fully saturated rings. The van der Waals surface area contributed by atoms with Gasteiger partial charge in [0.15, 0.2) is 0 Å². The van der Waals surface area contributed by atoms with Crippen LogP contribution in [0.15, 0.2) is 0 Å². The topological polar surface area (TPSA) is 93.5 Å². The number of hydrogen-bond acceptors (Lipinski definition) is 0. The molecule has 0 saturated heterocycles. The first-order valence-corrected chi connectivity index (χ1v) is 0. The molecule has 0 amide bonds. The summed E-state index contributed by atoms with van der Waals surface area (Å²) >= 11 is 0. The average molecular weight is 141 g/mol. The summed E-state index contributed by atoms with van der Waals surface area (Å²) < 4.78 is 0. The van der Waals surface area contributed by atoms with Crippen molar-refractivity contribution in [1.29, 1.82) is 0 Å². The van der Waals surface area contributed by atoms with Gasteiger partial charge < -0.3 is 11.0 Å². The molecule has 0 saturated carbocycles. The van der Waals surface area contributed by atoms with Gasteiger partial charge in [0.1, 0.15) is 0 Å². The van der Waals surface area contributed by atoms with E-state index in [0.29, 0.717) is 0 Å². The van der Waals surface area contributed by atoms with Gasteiger partial charge in [-0.1, -0.05) is 0 Å². The van der Waals surface area contributed by atoms with Crippen LogP contribution in [0.25, 0.3) is 0 Å². The van der Waals surface area contributed by atoms with Crippen molar-refractivity contribution in [2.24, 2.45) is 0 Å². The molecule has 4 heavy (non-hydrogen) atoms.